The molecule has 0 radical (unpaired) electrons. The minimum absolute atomic E-state index is 0.0130. The van der Waals surface area contributed by atoms with E-state index in [1.54, 1.807) is 0 Å². The fourth-order valence-corrected chi connectivity index (χ4v) is 7.88. The van der Waals surface area contributed by atoms with Crippen LogP contribution in [-0.2, 0) is 14.3 Å². The first-order valence-corrected chi connectivity index (χ1v) is 12.4. The van der Waals surface area contributed by atoms with Crippen molar-refractivity contribution in [2.75, 3.05) is 0 Å². The van der Waals surface area contributed by atoms with Crippen molar-refractivity contribution in [1.82, 2.24) is 0 Å². The first-order chi connectivity index (χ1) is 15.3. The minimum atomic E-state index is -0.179. The molecule has 0 aromatic heterocycles. The molecule has 5 unspecified atom stereocenters. The largest absolute Gasteiger partial charge is 0.462 e. The van der Waals surface area contributed by atoms with Crippen LogP contribution in [-0.4, -0.2) is 24.1 Å². The first kappa shape index (κ1) is 21.7. The lowest BCUT2D eigenvalue weighted by molar-refractivity contribution is -0.148. The zero-order valence-electron chi connectivity index (χ0n) is 19.6. The number of hydrogen-bond donors (Lipinski definition) is 0. The Morgan fingerprint density at radius 3 is 2.47 bits per heavy atom. The molecule has 0 bridgehead atoms. The van der Waals surface area contributed by atoms with Gasteiger partial charge in [-0.3, -0.25) is 4.79 Å². The van der Waals surface area contributed by atoms with Crippen molar-refractivity contribution >= 4 is 11.9 Å². The van der Waals surface area contributed by atoms with Gasteiger partial charge in [0.15, 0.2) is 0 Å². The summed E-state index contributed by atoms with van der Waals surface area (Å²) < 4.78 is 11.7. The number of fused-ring (bicyclic) bond motifs is 5. The molecule has 1 aromatic carbocycles. The molecule has 0 aliphatic heterocycles. The van der Waals surface area contributed by atoms with Crippen molar-refractivity contribution in [3.63, 3.8) is 0 Å². The Morgan fingerprint density at radius 1 is 0.938 bits per heavy atom. The number of carbonyl (C=O) groups excluding carboxylic acids is 2. The fraction of sp³-hybridized carbons (Fsp3) is 0.643. The Morgan fingerprint density at radius 2 is 1.72 bits per heavy atom. The summed E-state index contributed by atoms with van der Waals surface area (Å²) in [5, 5.41) is 0. The zero-order valence-corrected chi connectivity index (χ0v) is 19.6. The second-order valence-electron chi connectivity index (χ2n) is 11.1. The van der Waals surface area contributed by atoms with Gasteiger partial charge in [0.25, 0.3) is 0 Å². The second-order valence-corrected chi connectivity index (χ2v) is 11.1. The summed E-state index contributed by atoms with van der Waals surface area (Å²) in [5.41, 5.74) is 2.46. The number of carbonyl (C=O) groups is 2. The van der Waals surface area contributed by atoms with Crippen LogP contribution < -0.4 is 0 Å². The molecule has 4 aliphatic rings. The maximum Gasteiger partial charge on any atom is 0.338 e. The van der Waals surface area contributed by atoms with Gasteiger partial charge in [0.1, 0.15) is 12.2 Å². The van der Waals surface area contributed by atoms with Gasteiger partial charge in [0.05, 0.1) is 5.56 Å². The van der Waals surface area contributed by atoms with Crippen LogP contribution in [0.15, 0.2) is 42.0 Å². The highest BCUT2D eigenvalue weighted by molar-refractivity contribution is 5.89. The van der Waals surface area contributed by atoms with E-state index in [-0.39, 0.29) is 35.0 Å². The molecule has 4 heteroatoms. The quantitative estimate of drug-likeness (QED) is 0.424. The highest BCUT2D eigenvalue weighted by Crippen LogP contribution is 2.65. The van der Waals surface area contributed by atoms with Crippen LogP contribution in [0.1, 0.15) is 82.5 Å². The van der Waals surface area contributed by atoms with E-state index in [0.29, 0.717) is 23.3 Å². The fourth-order valence-electron chi connectivity index (χ4n) is 7.88. The molecule has 7 atom stereocenters. The summed E-state index contributed by atoms with van der Waals surface area (Å²) in [7, 11) is 0. The van der Waals surface area contributed by atoms with Crippen LogP contribution in [0.4, 0.5) is 0 Å². The SMILES string of the molecule is CC(=O)OC1CC[C@]2(C)C(=CCC3C4CCC(OC(=O)c5ccccc5)[C@]4(C)CCC32)C1. The van der Waals surface area contributed by atoms with E-state index in [9.17, 15) is 9.59 Å². The van der Waals surface area contributed by atoms with E-state index >= 15 is 0 Å². The van der Waals surface area contributed by atoms with Crippen LogP contribution in [0.5, 0.6) is 0 Å². The molecule has 0 heterocycles. The Kier molecular flexibility index (Phi) is 5.46. The van der Waals surface area contributed by atoms with Crippen LogP contribution >= 0.6 is 0 Å². The lowest BCUT2D eigenvalue weighted by Gasteiger charge is -2.57. The molecule has 5 rings (SSSR count). The summed E-state index contributed by atoms with van der Waals surface area (Å²) in [4.78, 5) is 24.2. The summed E-state index contributed by atoms with van der Waals surface area (Å²) in [6, 6.07) is 9.40. The molecule has 32 heavy (non-hydrogen) atoms. The van der Waals surface area contributed by atoms with Crippen LogP contribution in [0, 0.1) is 28.6 Å². The summed E-state index contributed by atoms with van der Waals surface area (Å²) in [5.74, 6) is 1.61. The minimum Gasteiger partial charge on any atom is -0.462 e. The smallest absolute Gasteiger partial charge is 0.338 e. The van der Waals surface area contributed by atoms with Gasteiger partial charge >= 0.3 is 11.9 Å². The molecule has 3 saturated carbocycles. The van der Waals surface area contributed by atoms with Crippen molar-refractivity contribution < 1.29 is 19.1 Å². The third kappa shape index (κ3) is 3.50. The standard InChI is InChI=1S/C28H36O4/c1-18(29)31-21-13-15-27(2)20(17-21)9-10-22-23-11-12-25(28(23,3)16-14-24(22)27)32-26(30)19-7-5-4-6-8-19/h4-9,21-25H,10-17H2,1-3H3/t21?,22?,23?,24?,25?,27-,28-/m1/s1. The van der Waals surface area contributed by atoms with Crippen molar-refractivity contribution in [2.24, 2.45) is 28.6 Å². The monoisotopic (exact) mass is 436 g/mol. The lowest BCUT2D eigenvalue weighted by Crippen LogP contribution is -2.51. The topological polar surface area (TPSA) is 52.6 Å². The van der Waals surface area contributed by atoms with Crippen molar-refractivity contribution in [1.29, 1.82) is 0 Å². The van der Waals surface area contributed by atoms with E-state index in [1.807, 2.05) is 30.3 Å². The van der Waals surface area contributed by atoms with Crippen LogP contribution in [0.3, 0.4) is 0 Å². The third-order valence-electron chi connectivity index (χ3n) is 9.56. The Hall–Kier alpha value is -2.10. The van der Waals surface area contributed by atoms with Gasteiger partial charge in [-0.2, -0.15) is 0 Å². The van der Waals surface area contributed by atoms with Gasteiger partial charge < -0.3 is 9.47 Å². The van der Waals surface area contributed by atoms with E-state index in [1.165, 1.54) is 18.9 Å². The molecule has 0 amide bonds. The molecule has 0 saturated heterocycles. The molecule has 0 N–H and O–H groups in total. The van der Waals surface area contributed by atoms with Gasteiger partial charge in [0, 0.05) is 18.8 Å². The molecule has 4 nitrogen and oxygen atoms in total. The lowest BCUT2D eigenvalue weighted by atomic mass is 9.48. The molecule has 0 spiro atoms. The van der Waals surface area contributed by atoms with Gasteiger partial charge in [-0.1, -0.05) is 43.7 Å². The van der Waals surface area contributed by atoms with Gasteiger partial charge in [0.2, 0.25) is 0 Å². The summed E-state index contributed by atoms with van der Waals surface area (Å²) in [6.07, 6.45) is 11.1. The Labute approximate surface area is 191 Å². The number of rotatable bonds is 3. The van der Waals surface area contributed by atoms with Crippen molar-refractivity contribution in [2.45, 2.75) is 84.3 Å². The maximum absolute atomic E-state index is 12.8. The average molecular weight is 437 g/mol. The predicted molar refractivity (Wildman–Crippen MR) is 123 cm³/mol. The number of allylic oxidation sites excluding steroid dienone is 1. The van der Waals surface area contributed by atoms with E-state index in [4.69, 9.17) is 9.47 Å². The number of hydrogen-bond acceptors (Lipinski definition) is 4. The second kappa shape index (κ2) is 8.04. The molecule has 1 aromatic rings. The van der Waals surface area contributed by atoms with Gasteiger partial charge in [-0.05, 0) is 80.2 Å². The normalized spacial score (nSPS) is 40.3. The average Bonchev–Trinajstić information content (AvgIpc) is 3.10. The van der Waals surface area contributed by atoms with Gasteiger partial charge in [-0.15, -0.1) is 0 Å². The third-order valence-corrected chi connectivity index (χ3v) is 9.56. The Bertz CT molecular complexity index is 921. The van der Waals surface area contributed by atoms with Crippen molar-refractivity contribution in [3.8, 4) is 0 Å². The van der Waals surface area contributed by atoms with Crippen LogP contribution in [0.25, 0.3) is 0 Å². The molecular weight excluding hydrogens is 400 g/mol. The van der Waals surface area contributed by atoms with Gasteiger partial charge in [-0.25, -0.2) is 4.79 Å². The highest BCUT2D eigenvalue weighted by atomic mass is 16.5. The highest BCUT2D eigenvalue weighted by Gasteiger charge is 2.59. The summed E-state index contributed by atoms with van der Waals surface area (Å²) >= 11 is 0. The number of esters is 2. The maximum atomic E-state index is 12.8. The van der Waals surface area contributed by atoms with Crippen LogP contribution in [0.2, 0.25) is 0 Å². The molecule has 3 fully saturated rings. The zero-order chi connectivity index (χ0) is 22.5. The van der Waals surface area contributed by atoms with E-state index < -0.39 is 0 Å². The number of benzene rings is 1. The molecular formula is C28H36O4. The predicted octanol–water partition coefficient (Wildman–Crippen LogP) is 6.11. The summed E-state index contributed by atoms with van der Waals surface area (Å²) in [6.45, 7) is 6.36. The van der Waals surface area contributed by atoms with Crippen molar-refractivity contribution in [3.05, 3.63) is 47.5 Å². The Balaban J connectivity index is 1.33. The molecule has 172 valence electrons. The first-order valence-electron chi connectivity index (χ1n) is 12.4. The van der Waals surface area contributed by atoms with E-state index in [2.05, 4.69) is 19.9 Å². The number of ether oxygens (including phenoxy) is 2. The van der Waals surface area contributed by atoms with E-state index in [0.717, 1.165) is 44.9 Å². The molecule has 4 aliphatic carbocycles.